The number of nitrogens with zero attached hydrogens (tertiary/aromatic N) is 4. The largest absolute Gasteiger partial charge is 0.341 e. The van der Waals surface area contributed by atoms with Crippen LogP contribution in [0.3, 0.4) is 0 Å². The second-order valence-electron chi connectivity index (χ2n) is 7.15. The van der Waals surface area contributed by atoms with Gasteiger partial charge in [0.2, 0.25) is 5.91 Å². The highest BCUT2D eigenvalue weighted by atomic mass is 16.2. The maximum atomic E-state index is 12.7. The lowest BCUT2D eigenvalue weighted by atomic mass is 9.87. The lowest BCUT2D eigenvalue weighted by molar-refractivity contribution is -0.133. The van der Waals surface area contributed by atoms with Gasteiger partial charge in [-0.15, -0.1) is 13.2 Å². The molecule has 1 aromatic rings. The Bertz CT molecular complexity index is 836. The van der Waals surface area contributed by atoms with Gasteiger partial charge >= 0.3 is 17.1 Å². The summed E-state index contributed by atoms with van der Waals surface area (Å²) in [5.74, 6) is 0.337. The second-order valence-corrected chi connectivity index (χ2v) is 7.15. The first-order valence-corrected chi connectivity index (χ1v) is 9.23. The first-order valence-electron chi connectivity index (χ1n) is 9.23. The molecular formula is C19H28N4O4. The quantitative estimate of drug-likeness (QED) is 0.652. The lowest BCUT2D eigenvalue weighted by Crippen LogP contribution is -2.56. The van der Waals surface area contributed by atoms with E-state index in [2.05, 4.69) is 20.1 Å². The van der Waals surface area contributed by atoms with Crippen molar-refractivity contribution >= 4 is 5.91 Å². The topological polar surface area (TPSA) is 86.3 Å². The third kappa shape index (κ3) is 4.37. The van der Waals surface area contributed by atoms with Crippen molar-refractivity contribution in [1.82, 2.24) is 18.6 Å². The van der Waals surface area contributed by atoms with Crippen molar-refractivity contribution < 1.29 is 4.79 Å². The number of hydrogen-bond donors (Lipinski definition) is 0. The number of hydrogen-bond acceptors (Lipinski definition) is 4. The average Bonchev–Trinajstić information content (AvgIpc) is 2.65. The molecule has 1 aliphatic rings. The molecule has 1 amide bonds. The molecule has 0 N–H and O–H groups in total. The van der Waals surface area contributed by atoms with Gasteiger partial charge in [0.1, 0.15) is 6.54 Å². The van der Waals surface area contributed by atoms with E-state index in [1.54, 1.807) is 11.9 Å². The molecule has 27 heavy (non-hydrogen) atoms. The highest BCUT2D eigenvalue weighted by Gasteiger charge is 2.26. The van der Waals surface area contributed by atoms with Gasteiger partial charge in [-0.25, -0.2) is 28.1 Å². The summed E-state index contributed by atoms with van der Waals surface area (Å²) in [5.41, 5.74) is -2.34. The van der Waals surface area contributed by atoms with Crippen LogP contribution < -0.4 is 17.1 Å². The second kappa shape index (κ2) is 8.83. The van der Waals surface area contributed by atoms with E-state index < -0.39 is 23.6 Å². The summed E-state index contributed by atoms with van der Waals surface area (Å²) in [5, 5.41) is 0. The van der Waals surface area contributed by atoms with Gasteiger partial charge < -0.3 is 4.90 Å². The van der Waals surface area contributed by atoms with Crippen LogP contribution in [0.25, 0.3) is 0 Å². The molecule has 1 saturated carbocycles. The zero-order valence-corrected chi connectivity index (χ0v) is 16.1. The van der Waals surface area contributed by atoms with Crippen LogP contribution in [0.5, 0.6) is 0 Å². The Hall–Kier alpha value is -2.64. The highest BCUT2D eigenvalue weighted by Crippen LogP contribution is 2.26. The van der Waals surface area contributed by atoms with Gasteiger partial charge in [0, 0.05) is 13.1 Å². The number of amides is 1. The maximum absolute atomic E-state index is 12.7. The molecule has 0 radical (unpaired) electrons. The minimum atomic E-state index is -0.802. The van der Waals surface area contributed by atoms with Gasteiger partial charge in [-0.3, -0.25) is 4.79 Å². The Morgan fingerprint density at radius 2 is 1.41 bits per heavy atom. The molecule has 1 fully saturated rings. The van der Waals surface area contributed by atoms with Crippen LogP contribution in [-0.4, -0.2) is 37.6 Å². The Kier molecular flexibility index (Phi) is 6.76. The van der Waals surface area contributed by atoms with Crippen LogP contribution >= 0.6 is 0 Å². The number of carbonyl (C=O) groups is 1. The number of allylic oxidation sites excluding steroid dienone is 2. The van der Waals surface area contributed by atoms with Crippen LogP contribution in [0.4, 0.5) is 0 Å². The molecule has 0 bridgehead atoms. The summed E-state index contributed by atoms with van der Waals surface area (Å²) in [6.45, 7) is 8.78. The minimum absolute atomic E-state index is 0.0420. The van der Waals surface area contributed by atoms with Crippen LogP contribution in [-0.2, 0) is 24.4 Å². The average molecular weight is 376 g/mol. The summed E-state index contributed by atoms with van der Waals surface area (Å²) in [4.78, 5) is 51.9. The van der Waals surface area contributed by atoms with Gasteiger partial charge in [0.15, 0.2) is 0 Å². The van der Waals surface area contributed by atoms with Crippen molar-refractivity contribution in [3.63, 3.8) is 0 Å². The summed E-state index contributed by atoms with van der Waals surface area (Å²) in [6.07, 6.45) is 6.72. The zero-order valence-electron chi connectivity index (χ0n) is 16.1. The fourth-order valence-electron chi connectivity index (χ4n) is 3.47. The Morgan fingerprint density at radius 3 is 1.85 bits per heavy atom. The molecule has 8 nitrogen and oxygen atoms in total. The van der Waals surface area contributed by atoms with Gasteiger partial charge in [0.05, 0.1) is 13.1 Å². The van der Waals surface area contributed by atoms with Gasteiger partial charge in [-0.2, -0.15) is 0 Å². The SMILES string of the molecule is C=CCn1c(=O)n(CC=C)c(=O)n(CC(=O)N(C)C2CCC(C)CC2)c1=O. The first-order chi connectivity index (χ1) is 12.8. The van der Waals surface area contributed by atoms with Gasteiger partial charge in [-0.05, 0) is 31.6 Å². The summed E-state index contributed by atoms with van der Waals surface area (Å²) in [7, 11) is 1.70. The van der Waals surface area contributed by atoms with Gasteiger partial charge in [-0.1, -0.05) is 19.1 Å². The maximum Gasteiger partial charge on any atom is 0.337 e. The van der Waals surface area contributed by atoms with Crippen LogP contribution in [0.2, 0.25) is 0 Å². The van der Waals surface area contributed by atoms with E-state index in [1.165, 1.54) is 12.2 Å². The first kappa shape index (κ1) is 20.7. The smallest absolute Gasteiger partial charge is 0.337 e. The predicted molar refractivity (Wildman–Crippen MR) is 104 cm³/mol. The molecule has 0 aliphatic heterocycles. The Labute approximate surface area is 158 Å². The van der Waals surface area contributed by atoms with E-state index in [0.717, 1.165) is 39.4 Å². The monoisotopic (exact) mass is 376 g/mol. The highest BCUT2D eigenvalue weighted by molar-refractivity contribution is 5.76. The van der Waals surface area contributed by atoms with Crippen molar-refractivity contribution in [3.05, 3.63) is 56.8 Å². The van der Waals surface area contributed by atoms with E-state index in [0.29, 0.717) is 5.92 Å². The molecule has 1 aromatic heterocycles. The minimum Gasteiger partial charge on any atom is -0.341 e. The number of rotatable bonds is 7. The zero-order chi connectivity index (χ0) is 20.1. The summed E-state index contributed by atoms with van der Waals surface area (Å²) >= 11 is 0. The van der Waals surface area contributed by atoms with E-state index in [-0.39, 0.29) is 25.0 Å². The number of carbonyl (C=O) groups excluding carboxylic acids is 1. The number of aromatic nitrogens is 3. The third-order valence-electron chi connectivity index (χ3n) is 5.23. The van der Waals surface area contributed by atoms with E-state index in [1.807, 2.05) is 0 Å². The van der Waals surface area contributed by atoms with Crippen molar-refractivity contribution in [3.8, 4) is 0 Å². The van der Waals surface area contributed by atoms with Crippen molar-refractivity contribution in [2.75, 3.05) is 7.05 Å². The molecule has 0 spiro atoms. The molecule has 1 aliphatic carbocycles. The number of likely N-dealkylation sites (N-methyl/N-ethyl adjacent to an activating group) is 1. The molecule has 2 rings (SSSR count). The van der Waals surface area contributed by atoms with E-state index in [4.69, 9.17) is 0 Å². The van der Waals surface area contributed by atoms with Crippen molar-refractivity contribution in [1.29, 1.82) is 0 Å². The van der Waals surface area contributed by atoms with Crippen LogP contribution in [0, 0.1) is 5.92 Å². The molecule has 0 saturated heterocycles. The lowest BCUT2D eigenvalue weighted by Gasteiger charge is -2.33. The van der Waals surface area contributed by atoms with Crippen molar-refractivity contribution in [2.24, 2.45) is 5.92 Å². The molecule has 148 valence electrons. The van der Waals surface area contributed by atoms with Gasteiger partial charge in [0.25, 0.3) is 0 Å². The van der Waals surface area contributed by atoms with Crippen LogP contribution in [0.1, 0.15) is 32.6 Å². The molecule has 0 aromatic carbocycles. The Balaban J connectivity index is 2.37. The van der Waals surface area contributed by atoms with Crippen molar-refractivity contribution in [2.45, 2.75) is 58.3 Å². The molecular weight excluding hydrogens is 348 g/mol. The molecule has 8 heteroatoms. The third-order valence-corrected chi connectivity index (χ3v) is 5.23. The Morgan fingerprint density at radius 1 is 0.963 bits per heavy atom. The summed E-state index contributed by atoms with van der Waals surface area (Å²) < 4.78 is 2.61. The summed E-state index contributed by atoms with van der Waals surface area (Å²) in [6, 6.07) is 0.110. The molecule has 0 unspecified atom stereocenters. The molecule has 1 heterocycles. The fourth-order valence-corrected chi connectivity index (χ4v) is 3.47. The fraction of sp³-hybridized carbons (Fsp3) is 0.579. The van der Waals surface area contributed by atoms with E-state index in [9.17, 15) is 19.2 Å². The van der Waals surface area contributed by atoms with E-state index >= 15 is 0 Å². The standard InChI is InChI=1S/C19H28N4O4/c1-5-11-21-17(25)22(12-6-2)19(27)23(18(21)26)13-16(24)20(4)15-9-7-14(3)8-10-15/h5-6,14-15H,1-2,7-13H2,3-4H3. The normalized spacial score (nSPS) is 19.5. The predicted octanol–water partition coefficient (Wildman–Crippen LogP) is 0.581. The molecule has 0 atom stereocenters. The van der Waals surface area contributed by atoms with Crippen LogP contribution in [0.15, 0.2) is 39.7 Å².